The molecular formula is C32H36ClF3N4O2. The van der Waals surface area contributed by atoms with Gasteiger partial charge in [-0.3, -0.25) is 9.80 Å². The average molecular weight is 601 g/mol. The Morgan fingerprint density at radius 3 is 2.45 bits per heavy atom. The maximum Gasteiger partial charge on any atom is 0.416 e. The van der Waals surface area contributed by atoms with Crippen molar-refractivity contribution >= 4 is 29.4 Å². The Morgan fingerprint density at radius 1 is 1.10 bits per heavy atom. The third-order valence-electron chi connectivity index (χ3n) is 7.73. The molecule has 0 bridgehead atoms. The molecule has 1 fully saturated rings. The number of fused-ring (bicyclic) bond motifs is 2. The molecule has 2 amide bonds. The van der Waals surface area contributed by atoms with Crippen LogP contribution in [0, 0.1) is 0 Å². The molecule has 1 aromatic heterocycles. The van der Waals surface area contributed by atoms with Crippen LogP contribution in [-0.2, 0) is 18.1 Å². The lowest BCUT2D eigenvalue weighted by Crippen LogP contribution is -2.47. The van der Waals surface area contributed by atoms with Crippen molar-refractivity contribution in [3.05, 3.63) is 94.3 Å². The summed E-state index contributed by atoms with van der Waals surface area (Å²) in [6.45, 7) is 6.84. The fourth-order valence-corrected chi connectivity index (χ4v) is 5.70. The van der Waals surface area contributed by atoms with Gasteiger partial charge >= 0.3 is 12.2 Å². The molecule has 6 nitrogen and oxygen atoms in total. The average Bonchev–Trinajstić information content (AvgIpc) is 3.31. The van der Waals surface area contributed by atoms with Gasteiger partial charge in [0.1, 0.15) is 10.9 Å². The van der Waals surface area contributed by atoms with Crippen LogP contribution in [0.4, 0.5) is 23.7 Å². The zero-order valence-corrected chi connectivity index (χ0v) is 24.8. The highest BCUT2D eigenvalue weighted by atomic mass is 35.5. The molecule has 3 aromatic rings. The standard InChI is InChI=1S/C30H30ClF3N4O2.C2H6/c1-40-24-7-4-21(5-8-24)3-2-14-37-15-11-29(12-16-37)20-38(26-18-23(30(32,33)34)6-9-25(26)29)28(39)36-19-22-10-13-35-27(31)17-22;1-2/h2-10,13,17-18H,11-12,14-16,19-20H2,1H3,(H,36,39);1-2H3/b3-2+;. The molecule has 0 saturated carbocycles. The predicted octanol–water partition coefficient (Wildman–Crippen LogP) is 7.57. The molecule has 2 aliphatic heterocycles. The predicted molar refractivity (Wildman–Crippen MR) is 161 cm³/mol. The van der Waals surface area contributed by atoms with Crippen LogP contribution in [-0.4, -0.2) is 49.2 Å². The third-order valence-corrected chi connectivity index (χ3v) is 7.94. The van der Waals surface area contributed by atoms with Crippen molar-refractivity contribution in [2.24, 2.45) is 0 Å². The molecule has 0 unspecified atom stereocenters. The zero-order chi connectivity index (χ0) is 30.3. The van der Waals surface area contributed by atoms with Crippen LogP contribution < -0.4 is 15.0 Å². The maximum absolute atomic E-state index is 13.6. The number of nitrogens with one attached hydrogen (secondary N) is 1. The van der Waals surface area contributed by atoms with E-state index in [0.717, 1.165) is 67.0 Å². The Balaban J connectivity index is 0.00000198. The van der Waals surface area contributed by atoms with E-state index in [4.69, 9.17) is 16.3 Å². The first-order chi connectivity index (χ1) is 20.2. The summed E-state index contributed by atoms with van der Waals surface area (Å²) < 4.78 is 46.0. The highest BCUT2D eigenvalue weighted by Gasteiger charge is 2.47. The first kappa shape index (κ1) is 31.4. The van der Waals surface area contributed by atoms with E-state index in [2.05, 4.69) is 27.4 Å². The fourth-order valence-electron chi connectivity index (χ4n) is 5.50. The highest BCUT2D eigenvalue weighted by Crippen LogP contribution is 2.48. The summed E-state index contributed by atoms with van der Waals surface area (Å²) in [5.41, 5.74) is 1.80. The third kappa shape index (κ3) is 7.25. The van der Waals surface area contributed by atoms with Gasteiger partial charge in [-0.25, -0.2) is 9.78 Å². The molecule has 224 valence electrons. The van der Waals surface area contributed by atoms with Crippen LogP contribution in [0.2, 0.25) is 5.15 Å². The SMILES string of the molecule is CC.COc1ccc(/C=C/CN2CCC3(CC2)CN(C(=O)NCc2ccnc(Cl)c2)c2cc(C(F)(F)F)ccc23)cc1. The van der Waals surface area contributed by atoms with E-state index in [1.165, 1.54) is 4.90 Å². The zero-order valence-electron chi connectivity index (χ0n) is 24.0. The molecule has 3 heterocycles. The van der Waals surface area contributed by atoms with Crippen molar-refractivity contribution in [3.8, 4) is 5.75 Å². The number of nitrogens with zero attached hydrogens (tertiary/aromatic N) is 3. The Hall–Kier alpha value is -3.56. The fraction of sp³-hybridized carbons (Fsp3) is 0.375. The van der Waals surface area contributed by atoms with Gasteiger partial charge in [-0.1, -0.05) is 55.8 Å². The molecule has 2 aromatic carbocycles. The summed E-state index contributed by atoms with van der Waals surface area (Å²) in [7, 11) is 1.64. The van der Waals surface area contributed by atoms with Crippen molar-refractivity contribution in [2.75, 3.05) is 38.2 Å². The monoisotopic (exact) mass is 600 g/mol. The van der Waals surface area contributed by atoms with Crippen LogP contribution >= 0.6 is 11.6 Å². The number of piperidine rings is 1. The van der Waals surface area contributed by atoms with E-state index in [-0.39, 0.29) is 6.54 Å². The topological polar surface area (TPSA) is 57.7 Å². The molecule has 0 radical (unpaired) electrons. The van der Waals surface area contributed by atoms with Crippen LogP contribution in [0.5, 0.6) is 5.75 Å². The molecule has 1 N–H and O–H groups in total. The summed E-state index contributed by atoms with van der Waals surface area (Å²) in [6, 6.07) is 14.6. The number of pyridine rings is 1. The second kappa shape index (κ2) is 13.6. The number of ether oxygens (including phenoxy) is 1. The number of anilines is 1. The lowest BCUT2D eigenvalue weighted by molar-refractivity contribution is -0.137. The van der Waals surface area contributed by atoms with Crippen molar-refractivity contribution < 1.29 is 22.7 Å². The molecule has 42 heavy (non-hydrogen) atoms. The smallest absolute Gasteiger partial charge is 0.416 e. The summed E-state index contributed by atoms with van der Waals surface area (Å²) in [6.07, 6.45) is 2.70. The minimum atomic E-state index is -4.50. The van der Waals surface area contributed by atoms with Gasteiger partial charge in [-0.2, -0.15) is 13.2 Å². The Bertz CT molecular complexity index is 1390. The second-order valence-corrected chi connectivity index (χ2v) is 10.6. The summed E-state index contributed by atoms with van der Waals surface area (Å²) in [5.74, 6) is 0.808. The maximum atomic E-state index is 13.6. The Kier molecular flexibility index (Phi) is 10.2. The molecule has 10 heteroatoms. The van der Waals surface area contributed by atoms with Crippen molar-refractivity contribution in [1.82, 2.24) is 15.2 Å². The molecular weight excluding hydrogens is 565 g/mol. The van der Waals surface area contributed by atoms with Gasteiger partial charge in [0.2, 0.25) is 0 Å². The van der Waals surface area contributed by atoms with E-state index in [9.17, 15) is 18.0 Å². The number of benzene rings is 2. The van der Waals surface area contributed by atoms with Gasteiger partial charge in [0.05, 0.1) is 12.7 Å². The number of likely N-dealkylation sites (tertiary alicyclic amines) is 1. The lowest BCUT2D eigenvalue weighted by Gasteiger charge is -2.39. The van der Waals surface area contributed by atoms with Crippen LogP contribution in [0.25, 0.3) is 6.08 Å². The number of halogens is 4. The summed E-state index contributed by atoms with van der Waals surface area (Å²) in [4.78, 5) is 21.0. The first-order valence-corrected chi connectivity index (χ1v) is 14.5. The van der Waals surface area contributed by atoms with E-state index in [1.54, 1.807) is 31.5 Å². The lowest BCUT2D eigenvalue weighted by atomic mass is 9.74. The number of amides is 2. The highest BCUT2D eigenvalue weighted by molar-refractivity contribution is 6.29. The van der Waals surface area contributed by atoms with Crippen LogP contribution in [0.1, 0.15) is 48.9 Å². The number of rotatable bonds is 6. The minimum Gasteiger partial charge on any atom is -0.497 e. The van der Waals surface area contributed by atoms with Gasteiger partial charge in [0.25, 0.3) is 0 Å². The van der Waals surface area contributed by atoms with Gasteiger partial charge in [0.15, 0.2) is 0 Å². The summed E-state index contributed by atoms with van der Waals surface area (Å²) in [5, 5.41) is 3.14. The largest absolute Gasteiger partial charge is 0.497 e. The van der Waals surface area contributed by atoms with Crippen molar-refractivity contribution in [2.45, 2.75) is 44.8 Å². The van der Waals surface area contributed by atoms with Crippen molar-refractivity contribution in [1.29, 1.82) is 0 Å². The van der Waals surface area contributed by atoms with E-state index in [1.807, 2.05) is 38.1 Å². The number of alkyl halides is 3. The van der Waals surface area contributed by atoms with Gasteiger partial charge in [-0.05, 0) is 79.0 Å². The van der Waals surface area contributed by atoms with E-state index < -0.39 is 23.2 Å². The molecule has 1 saturated heterocycles. The van der Waals surface area contributed by atoms with Crippen molar-refractivity contribution in [3.63, 3.8) is 0 Å². The number of aromatic nitrogens is 1. The molecule has 1 spiro atoms. The first-order valence-electron chi connectivity index (χ1n) is 14.1. The molecule has 0 atom stereocenters. The van der Waals surface area contributed by atoms with Gasteiger partial charge < -0.3 is 10.1 Å². The van der Waals surface area contributed by atoms with Gasteiger partial charge in [-0.15, -0.1) is 0 Å². The normalized spacial score (nSPS) is 16.2. The number of methoxy groups -OCH3 is 1. The number of urea groups is 1. The summed E-state index contributed by atoms with van der Waals surface area (Å²) >= 11 is 5.94. The Morgan fingerprint density at radius 2 is 1.81 bits per heavy atom. The molecule has 0 aliphatic carbocycles. The van der Waals surface area contributed by atoms with Crippen LogP contribution in [0.15, 0.2) is 66.9 Å². The number of carbonyl (C=O) groups excluding carboxylic acids is 1. The number of hydrogen-bond donors (Lipinski definition) is 1. The van der Waals surface area contributed by atoms with E-state index in [0.29, 0.717) is 17.4 Å². The minimum absolute atomic E-state index is 0.188. The quantitative estimate of drug-likeness (QED) is 0.297. The Labute approximate surface area is 250 Å². The van der Waals surface area contributed by atoms with Crippen LogP contribution in [0.3, 0.4) is 0 Å². The number of carbonyl (C=O) groups is 1. The van der Waals surface area contributed by atoms with E-state index >= 15 is 0 Å². The molecule has 5 rings (SSSR count). The molecule has 2 aliphatic rings. The number of hydrogen-bond acceptors (Lipinski definition) is 4. The van der Waals surface area contributed by atoms with Gasteiger partial charge in [0, 0.05) is 36.9 Å². The second-order valence-electron chi connectivity index (χ2n) is 10.2.